The van der Waals surface area contributed by atoms with Gasteiger partial charge < -0.3 is 0 Å². The van der Waals surface area contributed by atoms with Gasteiger partial charge in [0.1, 0.15) is 5.82 Å². The van der Waals surface area contributed by atoms with Crippen molar-refractivity contribution in [2.75, 3.05) is 5.48 Å². The number of hydrogen-bond acceptors (Lipinski definition) is 1. The molecule has 9 heavy (non-hydrogen) atoms. The lowest BCUT2D eigenvalue weighted by molar-refractivity contribution is 0.274. The molecule has 0 saturated carbocycles. The maximum Gasteiger partial charge on any atom is 0.123 e. The summed E-state index contributed by atoms with van der Waals surface area (Å²) in [5.74, 6) is -0.339. The van der Waals surface area contributed by atoms with Crippen LogP contribution in [0.3, 0.4) is 0 Å². The normalized spacial score (nSPS) is 9.11. The van der Waals surface area contributed by atoms with Crippen molar-refractivity contribution in [1.29, 1.82) is 0 Å². The number of anilines is 1. The van der Waals surface area contributed by atoms with E-state index in [9.17, 15) is 9.60 Å². The molecular weight excluding hydrogens is 121 g/mol. The summed E-state index contributed by atoms with van der Waals surface area (Å²) >= 11 is 0. The van der Waals surface area contributed by atoms with E-state index in [1.165, 1.54) is 24.3 Å². The molecule has 1 radical (unpaired) electrons. The average Bonchev–Trinajstić information content (AvgIpc) is 1.90. The first kappa shape index (κ1) is 6.04. The van der Waals surface area contributed by atoms with Crippen LogP contribution in [-0.4, -0.2) is 0 Å². The van der Waals surface area contributed by atoms with Crippen molar-refractivity contribution in [2.45, 2.75) is 0 Å². The number of hydrogen-bond donors (Lipinski definition) is 1. The molecule has 0 fully saturated rings. The first-order valence-electron chi connectivity index (χ1n) is 2.46. The molecule has 0 bridgehead atoms. The second-order valence-corrected chi connectivity index (χ2v) is 1.61. The van der Waals surface area contributed by atoms with Gasteiger partial charge in [0.25, 0.3) is 0 Å². The van der Waals surface area contributed by atoms with E-state index in [1.54, 1.807) is 5.48 Å². The van der Waals surface area contributed by atoms with Gasteiger partial charge in [0.2, 0.25) is 0 Å². The van der Waals surface area contributed by atoms with E-state index < -0.39 is 0 Å². The summed E-state index contributed by atoms with van der Waals surface area (Å²) in [6, 6.07) is 5.20. The zero-order valence-electron chi connectivity index (χ0n) is 4.60. The number of halogens is 1. The molecule has 0 amide bonds. The SMILES string of the molecule is [O]Nc1ccc(F)cc1. The third-order valence-corrected chi connectivity index (χ3v) is 0.962. The standard InChI is InChI=1S/C6H5FNO/c7-5-1-3-6(8-9)4-2-5/h1-4,8H. The van der Waals surface area contributed by atoms with Gasteiger partial charge in [0.15, 0.2) is 0 Å². The molecule has 47 valence electrons. The highest BCUT2D eigenvalue weighted by Crippen LogP contribution is 2.05. The van der Waals surface area contributed by atoms with Crippen LogP contribution in [0.4, 0.5) is 10.1 Å². The summed E-state index contributed by atoms with van der Waals surface area (Å²) in [4.78, 5) is 0. The maximum absolute atomic E-state index is 12.1. The molecule has 0 saturated heterocycles. The second kappa shape index (κ2) is 2.46. The summed E-state index contributed by atoms with van der Waals surface area (Å²) in [6.07, 6.45) is 0. The summed E-state index contributed by atoms with van der Waals surface area (Å²) < 4.78 is 12.1. The fraction of sp³-hybridized carbons (Fsp3) is 0. The summed E-state index contributed by atoms with van der Waals surface area (Å²) in [5.41, 5.74) is 2.01. The van der Waals surface area contributed by atoms with E-state index >= 15 is 0 Å². The van der Waals surface area contributed by atoms with Crippen LogP contribution < -0.4 is 5.48 Å². The van der Waals surface area contributed by atoms with Crippen molar-refractivity contribution in [3.8, 4) is 0 Å². The van der Waals surface area contributed by atoms with E-state index in [2.05, 4.69) is 0 Å². The van der Waals surface area contributed by atoms with E-state index in [-0.39, 0.29) is 5.82 Å². The molecule has 0 aliphatic carbocycles. The van der Waals surface area contributed by atoms with Crippen molar-refractivity contribution in [3.63, 3.8) is 0 Å². The Labute approximate surface area is 51.9 Å². The van der Waals surface area contributed by atoms with Gasteiger partial charge in [0.05, 0.1) is 5.69 Å². The van der Waals surface area contributed by atoms with Crippen molar-refractivity contribution in [2.24, 2.45) is 0 Å². The summed E-state index contributed by atoms with van der Waals surface area (Å²) in [6.45, 7) is 0. The third kappa shape index (κ3) is 1.40. The highest BCUT2D eigenvalue weighted by molar-refractivity contribution is 5.39. The molecule has 0 aromatic heterocycles. The minimum atomic E-state index is -0.339. The highest BCUT2D eigenvalue weighted by atomic mass is 19.1. The quantitative estimate of drug-likeness (QED) is 0.569. The lowest BCUT2D eigenvalue weighted by Crippen LogP contribution is -1.85. The predicted octanol–water partition coefficient (Wildman–Crippen LogP) is 1.58. The molecule has 3 heteroatoms. The molecule has 0 heterocycles. The summed E-state index contributed by atoms with van der Waals surface area (Å²) in [7, 11) is 0. The Kier molecular flexibility index (Phi) is 1.65. The van der Waals surface area contributed by atoms with E-state index in [4.69, 9.17) is 0 Å². The Morgan fingerprint density at radius 1 is 1.22 bits per heavy atom. The van der Waals surface area contributed by atoms with Gasteiger partial charge >= 0.3 is 0 Å². The van der Waals surface area contributed by atoms with Crippen molar-refractivity contribution >= 4 is 5.69 Å². The molecule has 0 unspecified atom stereocenters. The molecule has 1 N–H and O–H groups in total. The average molecular weight is 126 g/mol. The van der Waals surface area contributed by atoms with Crippen LogP contribution in [-0.2, 0) is 5.21 Å². The molecule has 0 spiro atoms. The van der Waals surface area contributed by atoms with Crippen molar-refractivity contribution < 1.29 is 9.60 Å². The fourth-order valence-corrected chi connectivity index (χ4v) is 0.518. The molecule has 1 rings (SSSR count). The lowest BCUT2D eigenvalue weighted by Gasteiger charge is -1.92. The van der Waals surface area contributed by atoms with Gasteiger partial charge in [-0.1, -0.05) is 5.21 Å². The zero-order chi connectivity index (χ0) is 6.69. The molecule has 0 atom stereocenters. The van der Waals surface area contributed by atoms with Crippen LogP contribution in [0.2, 0.25) is 0 Å². The zero-order valence-corrected chi connectivity index (χ0v) is 4.60. The predicted molar refractivity (Wildman–Crippen MR) is 30.7 cm³/mol. The van der Waals surface area contributed by atoms with Gasteiger partial charge in [-0.3, -0.25) is 0 Å². The van der Waals surface area contributed by atoms with Crippen LogP contribution in [0.25, 0.3) is 0 Å². The van der Waals surface area contributed by atoms with Gasteiger partial charge in [-0.05, 0) is 24.3 Å². The monoisotopic (exact) mass is 126 g/mol. The molecule has 1 aromatic carbocycles. The molecule has 2 nitrogen and oxygen atoms in total. The molecule has 0 aliphatic heterocycles. The maximum atomic E-state index is 12.1. The van der Waals surface area contributed by atoms with Gasteiger partial charge in [-0.15, -0.1) is 0 Å². The van der Waals surface area contributed by atoms with Gasteiger partial charge in [-0.25, -0.2) is 9.87 Å². The first-order chi connectivity index (χ1) is 4.33. The Bertz CT molecular complexity index is 185. The topological polar surface area (TPSA) is 31.9 Å². The molecule has 1 aromatic rings. The third-order valence-electron chi connectivity index (χ3n) is 0.962. The van der Waals surface area contributed by atoms with Crippen LogP contribution >= 0.6 is 0 Å². The Morgan fingerprint density at radius 2 is 1.78 bits per heavy atom. The van der Waals surface area contributed by atoms with Gasteiger partial charge in [0, 0.05) is 0 Å². The molecular formula is C6H5FNO. The first-order valence-corrected chi connectivity index (χ1v) is 2.46. The van der Waals surface area contributed by atoms with Crippen molar-refractivity contribution in [1.82, 2.24) is 0 Å². The largest absolute Gasteiger partial charge is 0.233 e. The highest BCUT2D eigenvalue weighted by Gasteiger charge is 1.88. The minimum absolute atomic E-state index is 0.339. The fourth-order valence-electron chi connectivity index (χ4n) is 0.518. The molecule has 0 aliphatic rings. The summed E-state index contributed by atoms with van der Waals surface area (Å²) in [5, 5.41) is 9.87. The van der Waals surface area contributed by atoms with Crippen LogP contribution in [0.15, 0.2) is 24.3 Å². The Balaban J connectivity index is 2.88. The van der Waals surface area contributed by atoms with Gasteiger partial charge in [-0.2, -0.15) is 0 Å². The Morgan fingerprint density at radius 3 is 2.22 bits per heavy atom. The van der Waals surface area contributed by atoms with E-state index in [1.807, 2.05) is 0 Å². The number of benzene rings is 1. The van der Waals surface area contributed by atoms with Crippen LogP contribution in [0, 0.1) is 5.82 Å². The number of nitrogens with one attached hydrogen (secondary N) is 1. The smallest absolute Gasteiger partial charge is 0.123 e. The van der Waals surface area contributed by atoms with Crippen LogP contribution in [0.5, 0.6) is 0 Å². The second-order valence-electron chi connectivity index (χ2n) is 1.61. The van der Waals surface area contributed by atoms with Crippen LogP contribution in [0.1, 0.15) is 0 Å². The van der Waals surface area contributed by atoms with Crippen molar-refractivity contribution in [3.05, 3.63) is 30.1 Å². The van der Waals surface area contributed by atoms with E-state index in [0.29, 0.717) is 5.69 Å². The minimum Gasteiger partial charge on any atom is -0.233 e. The number of rotatable bonds is 1. The van der Waals surface area contributed by atoms with E-state index in [0.717, 1.165) is 0 Å². The lowest BCUT2D eigenvalue weighted by atomic mass is 10.3. The Hall–Kier alpha value is -1.09.